The summed E-state index contributed by atoms with van der Waals surface area (Å²) in [7, 11) is 0. The summed E-state index contributed by atoms with van der Waals surface area (Å²) in [6.07, 6.45) is 2.10. The molecule has 0 spiro atoms. The zero-order valence-corrected chi connectivity index (χ0v) is 11.3. The molecule has 100 valence electrons. The van der Waals surface area contributed by atoms with Crippen LogP contribution in [-0.4, -0.2) is 6.04 Å². The van der Waals surface area contributed by atoms with Gasteiger partial charge in [0.1, 0.15) is 5.82 Å². The fourth-order valence-electron chi connectivity index (χ4n) is 2.06. The minimum atomic E-state index is -0.134. The van der Waals surface area contributed by atoms with Crippen LogP contribution in [0.1, 0.15) is 24.5 Å². The molecule has 0 fully saturated rings. The van der Waals surface area contributed by atoms with E-state index in [0.717, 1.165) is 18.4 Å². The highest BCUT2D eigenvalue weighted by atomic mass is 19.1. The molecular formula is C17H20FN. The molecule has 1 N–H and O–H groups in total. The van der Waals surface area contributed by atoms with Crippen molar-refractivity contribution < 1.29 is 4.39 Å². The van der Waals surface area contributed by atoms with E-state index in [2.05, 4.69) is 36.5 Å². The van der Waals surface area contributed by atoms with E-state index in [1.165, 1.54) is 11.6 Å². The minimum absolute atomic E-state index is 0.134. The summed E-state index contributed by atoms with van der Waals surface area (Å²) in [6, 6.07) is 17.7. The Kier molecular flexibility index (Phi) is 5.10. The topological polar surface area (TPSA) is 12.0 Å². The molecule has 0 heterocycles. The van der Waals surface area contributed by atoms with Crippen LogP contribution in [0.4, 0.5) is 4.39 Å². The SMILES string of the molecule is CC(CCc1ccccc1)NCc1ccccc1F. The molecule has 0 aliphatic rings. The normalized spacial score (nSPS) is 12.3. The second-order valence-electron chi connectivity index (χ2n) is 4.90. The fourth-order valence-corrected chi connectivity index (χ4v) is 2.06. The van der Waals surface area contributed by atoms with Gasteiger partial charge in [-0.15, -0.1) is 0 Å². The van der Waals surface area contributed by atoms with Gasteiger partial charge < -0.3 is 5.32 Å². The second-order valence-corrected chi connectivity index (χ2v) is 4.90. The smallest absolute Gasteiger partial charge is 0.127 e. The molecule has 2 rings (SSSR count). The van der Waals surface area contributed by atoms with E-state index < -0.39 is 0 Å². The standard InChI is InChI=1S/C17H20FN/c1-14(11-12-15-7-3-2-4-8-15)19-13-16-9-5-6-10-17(16)18/h2-10,14,19H,11-13H2,1H3. The molecule has 0 bridgehead atoms. The molecular weight excluding hydrogens is 237 g/mol. The van der Waals surface area contributed by atoms with Crippen LogP contribution in [0, 0.1) is 5.82 Å². The van der Waals surface area contributed by atoms with Crippen LogP contribution < -0.4 is 5.32 Å². The van der Waals surface area contributed by atoms with Gasteiger partial charge in [0, 0.05) is 18.2 Å². The summed E-state index contributed by atoms with van der Waals surface area (Å²) < 4.78 is 13.5. The lowest BCUT2D eigenvalue weighted by Gasteiger charge is -2.14. The van der Waals surface area contributed by atoms with Crippen LogP contribution in [-0.2, 0) is 13.0 Å². The first kappa shape index (κ1) is 13.8. The molecule has 1 atom stereocenters. The molecule has 2 aromatic rings. The number of benzene rings is 2. The summed E-state index contributed by atoms with van der Waals surface area (Å²) in [5.41, 5.74) is 2.08. The van der Waals surface area contributed by atoms with E-state index in [-0.39, 0.29) is 5.82 Å². The monoisotopic (exact) mass is 257 g/mol. The van der Waals surface area contributed by atoms with Crippen molar-refractivity contribution in [2.24, 2.45) is 0 Å². The maximum Gasteiger partial charge on any atom is 0.127 e. The van der Waals surface area contributed by atoms with Gasteiger partial charge in [0.2, 0.25) is 0 Å². The van der Waals surface area contributed by atoms with Gasteiger partial charge in [0.15, 0.2) is 0 Å². The van der Waals surface area contributed by atoms with E-state index in [9.17, 15) is 4.39 Å². The van der Waals surface area contributed by atoms with Crippen molar-refractivity contribution in [1.29, 1.82) is 0 Å². The van der Waals surface area contributed by atoms with Crippen molar-refractivity contribution in [1.82, 2.24) is 5.32 Å². The lowest BCUT2D eigenvalue weighted by Crippen LogP contribution is -2.26. The molecule has 0 saturated carbocycles. The van der Waals surface area contributed by atoms with Crippen molar-refractivity contribution in [2.45, 2.75) is 32.4 Å². The molecule has 0 radical (unpaired) electrons. The van der Waals surface area contributed by atoms with Gasteiger partial charge in [0.05, 0.1) is 0 Å². The Bertz CT molecular complexity index is 496. The maximum atomic E-state index is 13.5. The van der Waals surface area contributed by atoms with Gasteiger partial charge in [0.25, 0.3) is 0 Å². The highest BCUT2D eigenvalue weighted by Crippen LogP contribution is 2.08. The van der Waals surface area contributed by atoms with Crippen LogP contribution in [0.2, 0.25) is 0 Å². The van der Waals surface area contributed by atoms with E-state index in [0.29, 0.717) is 12.6 Å². The van der Waals surface area contributed by atoms with Crippen LogP contribution in [0.3, 0.4) is 0 Å². The molecule has 0 amide bonds. The number of aryl methyl sites for hydroxylation is 1. The van der Waals surface area contributed by atoms with Crippen molar-refractivity contribution in [3.63, 3.8) is 0 Å². The lowest BCUT2D eigenvalue weighted by molar-refractivity contribution is 0.501. The molecule has 0 aliphatic heterocycles. The number of hydrogen-bond acceptors (Lipinski definition) is 1. The number of halogens is 1. The third-order valence-corrected chi connectivity index (χ3v) is 3.31. The summed E-state index contributed by atoms with van der Waals surface area (Å²) in [4.78, 5) is 0. The van der Waals surface area contributed by atoms with E-state index in [1.807, 2.05) is 18.2 Å². The first-order chi connectivity index (χ1) is 9.25. The Morgan fingerprint density at radius 1 is 1.00 bits per heavy atom. The fraction of sp³-hybridized carbons (Fsp3) is 0.294. The van der Waals surface area contributed by atoms with Gasteiger partial charge >= 0.3 is 0 Å². The Hall–Kier alpha value is -1.67. The van der Waals surface area contributed by atoms with Gasteiger partial charge in [-0.25, -0.2) is 4.39 Å². The van der Waals surface area contributed by atoms with Crippen LogP contribution in [0.5, 0.6) is 0 Å². The van der Waals surface area contributed by atoms with Gasteiger partial charge in [-0.3, -0.25) is 0 Å². The number of hydrogen-bond donors (Lipinski definition) is 1. The third-order valence-electron chi connectivity index (χ3n) is 3.31. The molecule has 0 aromatic heterocycles. The summed E-state index contributed by atoms with van der Waals surface area (Å²) in [5, 5.41) is 3.37. The lowest BCUT2D eigenvalue weighted by atomic mass is 10.1. The average molecular weight is 257 g/mol. The molecule has 2 aromatic carbocycles. The molecule has 1 nitrogen and oxygen atoms in total. The van der Waals surface area contributed by atoms with Crippen molar-refractivity contribution in [3.05, 3.63) is 71.5 Å². The van der Waals surface area contributed by atoms with Crippen LogP contribution >= 0.6 is 0 Å². The predicted octanol–water partition coefficient (Wildman–Crippen LogP) is 3.94. The molecule has 0 aliphatic carbocycles. The van der Waals surface area contributed by atoms with E-state index in [1.54, 1.807) is 6.07 Å². The molecule has 0 saturated heterocycles. The van der Waals surface area contributed by atoms with Gasteiger partial charge in [-0.2, -0.15) is 0 Å². The highest BCUT2D eigenvalue weighted by Gasteiger charge is 2.04. The summed E-state index contributed by atoms with van der Waals surface area (Å²) in [6.45, 7) is 2.73. The van der Waals surface area contributed by atoms with Gasteiger partial charge in [-0.05, 0) is 31.4 Å². The van der Waals surface area contributed by atoms with E-state index in [4.69, 9.17) is 0 Å². The van der Waals surface area contributed by atoms with Gasteiger partial charge in [-0.1, -0.05) is 48.5 Å². The number of rotatable bonds is 6. The maximum absolute atomic E-state index is 13.5. The van der Waals surface area contributed by atoms with E-state index >= 15 is 0 Å². The van der Waals surface area contributed by atoms with Crippen molar-refractivity contribution in [3.8, 4) is 0 Å². The predicted molar refractivity (Wildman–Crippen MR) is 77.5 cm³/mol. The minimum Gasteiger partial charge on any atom is -0.310 e. The van der Waals surface area contributed by atoms with Crippen molar-refractivity contribution in [2.75, 3.05) is 0 Å². The summed E-state index contributed by atoms with van der Waals surface area (Å²) in [5.74, 6) is -0.134. The first-order valence-corrected chi connectivity index (χ1v) is 6.76. The average Bonchev–Trinajstić information content (AvgIpc) is 2.45. The Morgan fingerprint density at radius 3 is 2.42 bits per heavy atom. The number of nitrogens with one attached hydrogen (secondary N) is 1. The largest absolute Gasteiger partial charge is 0.310 e. The molecule has 1 unspecified atom stereocenters. The third kappa shape index (κ3) is 4.49. The van der Waals surface area contributed by atoms with Crippen LogP contribution in [0.15, 0.2) is 54.6 Å². The first-order valence-electron chi connectivity index (χ1n) is 6.76. The molecule has 19 heavy (non-hydrogen) atoms. The Balaban J connectivity index is 1.76. The zero-order chi connectivity index (χ0) is 13.5. The molecule has 2 heteroatoms. The Morgan fingerprint density at radius 2 is 1.68 bits per heavy atom. The Labute approximate surface area is 114 Å². The van der Waals surface area contributed by atoms with Crippen molar-refractivity contribution >= 4 is 0 Å². The second kappa shape index (κ2) is 7.05. The zero-order valence-electron chi connectivity index (χ0n) is 11.3. The quantitative estimate of drug-likeness (QED) is 0.826. The summed E-state index contributed by atoms with van der Waals surface area (Å²) >= 11 is 0. The highest BCUT2D eigenvalue weighted by molar-refractivity contribution is 5.17. The van der Waals surface area contributed by atoms with Crippen LogP contribution in [0.25, 0.3) is 0 Å².